The van der Waals surface area contributed by atoms with Gasteiger partial charge in [-0.1, -0.05) is 107 Å². The lowest BCUT2D eigenvalue weighted by atomic mass is 10.00. The van der Waals surface area contributed by atoms with Crippen LogP contribution in [0.5, 0.6) is 0 Å². The lowest BCUT2D eigenvalue weighted by molar-refractivity contribution is -0.132. The van der Waals surface area contributed by atoms with Crippen molar-refractivity contribution in [3.8, 4) is 0 Å². The van der Waals surface area contributed by atoms with Crippen LogP contribution in [-0.4, -0.2) is 57.3 Å². The zero-order valence-corrected chi connectivity index (χ0v) is 27.0. The minimum atomic E-state index is -1.29. The van der Waals surface area contributed by atoms with E-state index in [0.29, 0.717) is 19.3 Å². The highest BCUT2D eigenvalue weighted by atomic mass is 16.3. The molecule has 42 heavy (non-hydrogen) atoms. The molecule has 0 heterocycles. The molecular weight excluding hydrogens is 526 g/mol. The van der Waals surface area contributed by atoms with Crippen molar-refractivity contribution in [3.05, 3.63) is 48.6 Å². The van der Waals surface area contributed by atoms with Crippen LogP contribution in [0, 0.1) is 0 Å². The zero-order chi connectivity index (χ0) is 31.1. The van der Waals surface area contributed by atoms with Crippen molar-refractivity contribution in [2.45, 2.75) is 167 Å². The maximum Gasteiger partial charge on any atom is 0.249 e. The summed E-state index contributed by atoms with van der Waals surface area (Å²) >= 11 is 0. The summed E-state index contributed by atoms with van der Waals surface area (Å²) < 4.78 is 0. The van der Waals surface area contributed by atoms with Gasteiger partial charge in [0.25, 0.3) is 0 Å². The molecule has 0 aliphatic carbocycles. The van der Waals surface area contributed by atoms with Crippen LogP contribution >= 0.6 is 0 Å². The Bertz CT molecular complexity index is 718. The molecule has 0 radical (unpaired) electrons. The summed E-state index contributed by atoms with van der Waals surface area (Å²) in [6, 6.07) is -1.01. The van der Waals surface area contributed by atoms with Crippen LogP contribution in [0.2, 0.25) is 0 Å². The Morgan fingerprint density at radius 1 is 0.619 bits per heavy atom. The van der Waals surface area contributed by atoms with Crippen LogP contribution in [0.25, 0.3) is 0 Å². The van der Waals surface area contributed by atoms with Gasteiger partial charge in [0.2, 0.25) is 5.91 Å². The normalized spacial score (nSPS) is 15.3. The number of hydrogen-bond acceptors (Lipinski definition) is 5. The average Bonchev–Trinajstić information content (AvgIpc) is 2.99. The van der Waals surface area contributed by atoms with Crippen LogP contribution in [-0.2, 0) is 4.79 Å². The van der Waals surface area contributed by atoms with E-state index in [0.717, 1.165) is 64.2 Å². The van der Waals surface area contributed by atoms with Crippen LogP contribution < -0.4 is 5.32 Å². The highest BCUT2D eigenvalue weighted by Crippen LogP contribution is 2.13. The molecule has 4 unspecified atom stereocenters. The van der Waals surface area contributed by atoms with Crippen molar-refractivity contribution < 1.29 is 25.2 Å². The zero-order valence-electron chi connectivity index (χ0n) is 27.0. The molecule has 0 aromatic carbocycles. The van der Waals surface area contributed by atoms with Gasteiger partial charge in [0.05, 0.1) is 18.8 Å². The number of allylic oxidation sites excluding steroid dienone is 8. The predicted molar refractivity (Wildman–Crippen MR) is 177 cm³/mol. The Hall–Kier alpha value is -1.73. The molecule has 1 amide bonds. The van der Waals surface area contributed by atoms with E-state index in [-0.39, 0.29) is 0 Å². The first-order valence-corrected chi connectivity index (χ1v) is 17.0. The van der Waals surface area contributed by atoms with Crippen LogP contribution in [0.3, 0.4) is 0 Å². The molecule has 0 aliphatic heterocycles. The molecule has 0 aromatic rings. The average molecular weight is 592 g/mol. The molecule has 0 fully saturated rings. The van der Waals surface area contributed by atoms with Crippen molar-refractivity contribution in [3.63, 3.8) is 0 Å². The van der Waals surface area contributed by atoms with E-state index >= 15 is 0 Å². The molecule has 0 saturated heterocycles. The first-order chi connectivity index (χ1) is 20.5. The molecule has 6 nitrogen and oxygen atoms in total. The second-order valence-corrected chi connectivity index (χ2v) is 11.5. The van der Waals surface area contributed by atoms with Gasteiger partial charge in [0, 0.05) is 0 Å². The van der Waals surface area contributed by atoms with Crippen LogP contribution in [0.1, 0.15) is 142 Å². The van der Waals surface area contributed by atoms with Crippen molar-refractivity contribution in [1.82, 2.24) is 5.32 Å². The molecule has 0 aliphatic rings. The minimum Gasteiger partial charge on any atom is -0.394 e. The molecule has 244 valence electrons. The number of nitrogens with one attached hydrogen (secondary N) is 1. The van der Waals surface area contributed by atoms with E-state index in [1.807, 2.05) is 6.92 Å². The number of aliphatic hydroxyl groups is 4. The van der Waals surface area contributed by atoms with Crippen molar-refractivity contribution in [2.75, 3.05) is 6.61 Å². The van der Waals surface area contributed by atoms with Gasteiger partial charge >= 0.3 is 0 Å². The smallest absolute Gasteiger partial charge is 0.249 e. The minimum absolute atomic E-state index is 0.349. The summed E-state index contributed by atoms with van der Waals surface area (Å²) in [6.45, 7) is 3.76. The van der Waals surface area contributed by atoms with E-state index in [1.54, 1.807) is 0 Å². The van der Waals surface area contributed by atoms with Gasteiger partial charge in [-0.05, 0) is 84.0 Å². The van der Waals surface area contributed by atoms with Gasteiger partial charge in [-0.25, -0.2) is 0 Å². The van der Waals surface area contributed by atoms with Crippen molar-refractivity contribution in [2.24, 2.45) is 0 Å². The fraction of sp³-hybridized carbons (Fsp3) is 0.750. The fourth-order valence-electron chi connectivity index (χ4n) is 4.79. The molecule has 0 aromatic heterocycles. The Morgan fingerprint density at radius 2 is 1.10 bits per heavy atom. The Morgan fingerprint density at radius 3 is 1.64 bits per heavy atom. The van der Waals surface area contributed by atoms with E-state index in [2.05, 4.69) is 60.8 Å². The molecule has 0 rings (SSSR count). The van der Waals surface area contributed by atoms with Crippen molar-refractivity contribution in [1.29, 1.82) is 0 Å². The lowest BCUT2D eigenvalue weighted by Crippen LogP contribution is -2.53. The molecule has 4 atom stereocenters. The van der Waals surface area contributed by atoms with Gasteiger partial charge in [-0.3, -0.25) is 4.79 Å². The summed E-state index contributed by atoms with van der Waals surface area (Å²) in [7, 11) is 0. The van der Waals surface area contributed by atoms with E-state index < -0.39 is 36.9 Å². The monoisotopic (exact) mass is 591 g/mol. The Kier molecular flexibility index (Phi) is 29.5. The quantitative estimate of drug-likeness (QED) is 0.0454. The van der Waals surface area contributed by atoms with Crippen LogP contribution in [0.4, 0.5) is 0 Å². The summed E-state index contributed by atoms with van der Waals surface area (Å²) in [5.41, 5.74) is 0. The molecule has 0 saturated carbocycles. The number of carbonyl (C=O) groups is 1. The second kappa shape index (κ2) is 30.7. The number of amides is 1. The summed E-state index contributed by atoms with van der Waals surface area (Å²) in [5, 5.41) is 43.2. The maximum absolute atomic E-state index is 12.4. The van der Waals surface area contributed by atoms with E-state index in [4.69, 9.17) is 0 Å². The number of hydrogen-bond donors (Lipinski definition) is 5. The van der Waals surface area contributed by atoms with Crippen LogP contribution in [0.15, 0.2) is 48.6 Å². The highest BCUT2D eigenvalue weighted by molar-refractivity contribution is 5.80. The van der Waals surface area contributed by atoms with E-state index in [1.165, 1.54) is 44.9 Å². The molecule has 0 bridgehead atoms. The third kappa shape index (κ3) is 24.8. The fourth-order valence-corrected chi connectivity index (χ4v) is 4.79. The van der Waals surface area contributed by atoms with Gasteiger partial charge in [-0.15, -0.1) is 0 Å². The molecular formula is C36H65NO5. The molecule has 6 heteroatoms. The molecule has 0 spiro atoms. The Balaban J connectivity index is 3.95. The summed E-state index contributed by atoms with van der Waals surface area (Å²) in [5.74, 6) is -0.611. The molecule has 5 N–H and O–H groups in total. The van der Waals surface area contributed by atoms with Gasteiger partial charge in [-0.2, -0.15) is 0 Å². The SMILES string of the molecule is C/C=C/CC/C=C/CC/C=C/CCCC(O)C(O)C(CO)NC(=O)C(O)CCCCCCCC/C=C\CCCCCC. The first-order valence-electron chi connectivity index (χ1n) is 17.0. The van der Waals surface area contributed by atoms with Crippen molar-refractivity contribution >= 4 is 5.91 Å². The number of carbonyl (C=O) groups excluding carboxylic acids is 1. The highest BCUT2D eigenvalue weighted by Gasteiger charge is 2.28. The largest absolute Gasteiger partial charge is 0.394 e. The van der Waals surface area contributed by atoms with Gasteiger partial charge in [0.1, 0.15) is 12.2 Å². The topological polar surface area (TPSA) is 110 Å². The summed E-state index contributed by atoms with van der Waals surface area (Å²) in [4.78, 5) is 12.4. The third-order valence-corrected chi connectivity index (χ3v) is 7.56. The number of rotatable bonds is 29. The maximum atomic E-state index is 12.4. The van der Waals surface area contributed by atoms with Gasteiger partial charge in [0.15, 0.2) is 0 Å². The standard InChI is InChI=1S/C36H65NO5/c1-3-5-7-9-11-13-15-17-18-20-22-24-26-28-30-34(40)36(42)37-32(31-38)35(41)33(39)29-27-25-23-21-19-16-14-12-10-8-6-4-2/h4,6,12-15,21,23,32-35,38-41H,3,5,7-11,16-20,22,24-31H2,1-2H3,(H,37,42)/b6-4+,14-12+,15-13-,23-21+. The third-order valence-electron chi connectivity index (χ3n) is 7.56. The summed E-state index contributed by atoms with van der Waals surface area (Å²) in [6.07, 6.45) is 34.2. The predicted octanol–water partition coefficient (Wildman–Crippen LogP) is 7.61. The Labute approximate surface area is 258 Å². The number of unbranched alkanes of at least 4 members (excludes halogenated alkanes) is 13. The van der Waals surface area contributed by atoms with E-state index in [9.17, 15) is 25.2 Å². The van der Waals surface area contributed by atoms with Gasteiger partial charge < -0.3 is 25.7 Å². The number of aliphatic hydroxyl groups excluding tert-OH is 4. The second-order valence-electron chi connectivity index (χ2n) is 11.5. The first kappa shape index (κ1) is 40.3. The lowest BCUT2D eigenvalue weighted by Gasteiger charge is -2.27.